The van der Waals surface area contributed by atoms with Gasteiger partial charge in [0.15, 0.2) is 0 Å². The van der Waals surface area contributed by atoms with E-state index in [0.717, 1.165) is 22.5 Å². The van der Waals surface area contributed by atoms with Crippen molar-refractivity contribution in [3.05, 3.63) is 70.5 Å². The molecule has 0 spiro atoms. The number of hydrogen-bond donors (Lipinski definition) is 1. The van der Waals surface area contributed by atoms with E-state index < -0.39 is 5.97 Å². The number of halogens is 1. The Labute approximate surface area is 139 Å². The minimum atomic E-state index is -1.05. The summed E-state index contributed by atoms with van der Waals surface area (Å²) in [6.45, 7) is 3.91. The second-order valence-corrected chi connectivity index (χ2v) is 5.70. The lowest BCUT2D eigenvalue weighted by atomic mass is 10.0. The number of rotatable bonds is 3. The van der Waals surface area contributed by atoms with Crippen molar-refractivity contribution < 1.29 is 9.90 Å². The molecule has 0 amide bonds. The van der Waals surface area contributed by atoms with Gasteiger partial charge in [0.1, 0.15) is 0 Å². The number of aromatic nitrogens is 2. The third-order valence-electron chi connectivity index (χ3n) is 3.78. The molecule has 3 rings (SSSR count). The zero-order chi connectivity index (χ0) is 16.6. The average Bonchev–Trinajstić information content (AvgIpc) is 2.83. The Bertz CT molecular complexity index is 886. The summed E-state index contributed by atoms with van der Waals surface area (Å²) in [7, 11) is 0. The van der Waals surface area contributed by atoms with Crippen molar-refractivity contribution in [2.24, 2.45) is 0 Å². The first kappa shape index (κ1) is 15.3. The molecule has 3 aromatic rings. The van der Waals surface area contributed by atoms with Gasteiger partial charge in [0.05, 0.1) is 22.0 Å². The van der Waals surface area contributed by atoms with Gasteiger partial charge in [-0.3, -0.25) is 0 Å². The number of aromatic carboxylic acids is 1. The van der Waals surface area contributed by atoms with Crippen LogP contribution in [0.3, 0.4) is 0 Å². The van der Waals surface area contributed by atoms with Gasteiger partial charge in [-0.25, -0.2) is 9.48 Å². The zero-order valence-corrected chi connectivity index (χ0v) is 13.5. The van der Waals surface area contributed by atoms with Crippen LogP contribution in [0, 0.1) is 13.8 Å². The first-order valence-corrected chi connectivity index (χ1v) is 7.51. The van der Waals surface area contributed by atoms with Crippen LogP contribution in [0.5, 0.6) is 0 Å². The molecular formula is C18H15ClN2O2. The minimum absolute atomic E-state index is 0.0676. The van der Waals surface area contributed by atoms with Crippen molar-refractivity contribution in [2.45, 2.75) is 13.8 Å². The number of carboxylic acids is 1. The Morgan fingerprint density at radius 3 is 2.48 bits per heavy atom. The van der Waals surface area contributed by atoms with Gasteiger partial charge >= 0.3 is 5.97 Å². The normalized spacial score (nSPS) is 10.7. The summed E-state index contributed by atoms with van der Waals surface area (Å²) < 4.78 is 1.75. The lowest BCUT2D eigenvalue weighted by Crippen LogP contribution is -2.03. The van der Waals surface area contributed by atoms with Gasteiger partial charge in [0.2, 0.25) is 0 Å². The van der Waals surface area contributed by atoms with Crippen molar-refractivity contribution in [3.63, 3.8) is 0 Å². The van der Waals surface area contributed by atoms with E-state index in [1.807, 2.05) is 44.2 Å². The average molecular weight is 327 g/mol. The molecule has 116 valence electrons. The van der Waals surface area contributed by atoms with Gasteiger partial charge in [-0.15, -0.1) is 0 Å². The van der Waals surface area contributed by atoms with E-state index in [4.69, 9.17) is 11.6 Å². The maximum Gasteiger partial charge on any atom is 0.337 e. The number of carbonyl (C=O) groups is 1. The molecule has 0 bridgehead atoms. The molecule has 0 atom stereocenters. The molecule has 23 heavy (non-hydrogen) atoms. The Morgan fingerprint density at radius 1 is 1.13 bits per heavy atom. The van der Waals surface area contributed by atoms with Gasteiger partial charge in [-0.05, 0) is 37.6 Å². The number of carboxylic acid groups (broad SMARTS) is 1. The van der Waals surface area contributed by atoms with E-state index in [9.17, 15) is 9.90 Å². The van der Waals surface area contributed by atoms with Crippen LogP contribution in [0.25, 0.3) is 16.8 Å². The van der Waals surface area contributed by atoms with Crippen LogP contribution in [0.15, 0.2) is 48.5 Å². The molecule has 0 fully saturated rings. The number of benzene rings is 2. The highest BCUT2D eigenvalue weighted by Gasteiger charge is 2.16. The molecule has 0 aliphatic heterocycles. The van der Waals surface area contributed by atoms with Crippen LogP contribution in [-0.2, 0) is 0 Å². The van der Waals surface area contributed by atoms with Crippen molar-refractivity contribution in [2.75, 3.05) is 0 Å². The summed E-state index contributed by atoms with van der Waals surface area (Å²) in [5.74, 6) is -1.05. The van der Waals surface area contributed by atoms with Gasteiger partial charge in [-0.1, -0.05) is 41.9 Å². The number of nitrogens with zero attached hydrogens (tertiary/aromatic N) is 2. The van der Waals surface area contributed by atoms with Crippen LogP contribution in [0.4, 0.5) is 0 Å². The number of hydrogen-bond acceptors (Lipinski definition) is 2. The van der Waals surface area contributed by atoms with Gasteiger partial charge < -0.3 is 5.11 Å². The Kier molecular flexibility index (Phi) is 3.92. The summed E-state index contributed by atoms with van der Waals surface area (Å²) in [4.78, 5) is 11.3. The topological polar surface area (TPSA) is 55.1 Å². The first-order chi connectivity index (χ1) is 11.0. The predicted molar refractivity (Wildman–Crippen MR) is 90.4 cm³/mol. The fourth-order valence-electron chi connectivity index (χ4n) is 2.73. The van der Waals surface area contributed by atoms with Crippen LogP contribution in [-0.4, -0.2) is 20.9 Å². The van der Waals surface area contributed by atoms with Crippen molar-refractivity contribution in [3.8, 4) is 16.8 Å². The fraction of sp³-hybridized carbons (Fsp3) is 0.111. The maximum atomic E-state index is 11.3. The molecule has 1 N–H and O–H groups in total. The molecule has 0 aliphatic rings. The summed E-state index contributed by atoms with van der Waals surface area (Å²) >= 11 is 5.94. The molecule has 1 heterocycles. The molecule has 5 heteroatoms. The summed E-state index contributed by atoms with van der Waals surface area (Å²) in [5.41, 5.74) is 4.72. The molecule has 2 aromatic carbocycles. The quantitative estimate of drug-likeness (QED) is 0.770. The predicted octanol–water partition coefficient (Wildman–Crippen LogP) is 4.51. The van der Waals surface area contributed by atoms with E-state index in [1.165, 1.54) is 0 Å². The molecule has 0 unspecified atom stereocenters. The standard InChI is InChI=1S/C18H15ClN2O2/c1-11-17(13-6-4-3-5-7-13)12(2)21(20-11)14-8-9-16(19)15(10-14)18(22)23/h3-10H,1-2H3,(H,22,23). The third-order valence-corrected chi connectivity index (χ3v) is 4.11. The SMILES string of the molecule is Cc1nn(-c2ccc(Cl)c(C(=O)O)c2)c(C)c1-c1ccccc1. The van der Waals surface area contributed by atoms with Crippen molar-refractivity contribution in [1.82, 2.24) is 9.78 Å². The zero-order valence-electron chi connectivity index (χ0n) is 12.7. The monoisotopic (exact) mass is 326 g/mol. The second kappa shape index (κ2) is 5.89. The molecule has 0 saturated heterocycles. The van der Waals surface area contributed by atoms with E-state index in [1.54, 1.807) is 22.9 Å². The van der Waals surface area contributed by atoms with Crippen LogP contribution >= 0.6 is 11.6 Å². The third kappa shape index (κ3) is 2.73. The minimum Gasteiger partial charge on any atom is -0.478 e. The van der Waals surface area contributed by atoms with Crippen LogP contribution < -0.4 is 0 Å². The maximum absolute atomic E-state index is 11.3. The highest BCUT2D eigenvalue weighted by molar-refractivity contribution is 6.33. The molecular weight excluding hydrogens is 312 g/mol. The Hall–Kier alpha value is -2.59. The van der Waals surface area contributed by atoms with Crippen molar-refractivity contribution in [1.29, 1.82) is 0 Å². The highest BCUT2D eigenvalue weighted by Crippen LogP contribution is 2.29. The van der Waals surface area contributed by atoms with E-state index >= 15 is 0 Å². The van der Waals surface area contributed by atoms with Gasteiger partial charge in [0.25, 0.3) is 0 Å². The lowest BCUT2D eigenvalue weighted by molar-refractivity contribution is 0.0697. The molecule has 0 aliphatic carbocycles. The molecule has 1 aromatic heterocycles. The second-order valence-electron chi connectivity index (χ2n) is 5.29. The molecule has 4 nitrogen and oxygen atoms in total. The van der Waals surface area contributed by atoms with Gasteiger partial charge in [-0.2, -0.15) is 5.10 Å². The largest absolute Gasteiger partial charge is 0.478 e. The van der Waals surface area contributed by atoms with E-state index in [-0.39, 0.29) is 10.6 Å². The summed E-state index contributed by atoms with van der Waals surface area (Å²) in [6.07, 6.45) is 0. The Morgan fingerprint density at radius 2 is 1.83 bits per heavy atom. The highest BCUT2D eigenvalue weighted by atomic mass is 35.5. The first-order valence-electron chi connectivity index (χ1n) is 7.14. The molecule has 0 radical (unpaired) electrons. The van der Waals surface area contributed by atoms with Crippen LogP contribution in [0.2, 0.25) is 5.02 Å². The molecule has 0 saturated carbocycles. The Balaban J connectivity index is 2.16. The van der Waals surface area contributed by atoms with Gasteiger partial charge in [0, 0.05) is 11.3 Å². The summed E-state index contributed by atoms with van der Waals surface area (Å²) in [5, 5.41) is 14.0. The smallest absolute Gasteiger partial charge is 0.337 e. The fourth-order valence-corrected chi connectivity index (χ4v) is 2.92. The summed E-state index contributed by atoms with van der Waals surface area (Å²) in [6, 6.07) is 14.9. The van der Waals surface area contributed by atoms with Crippen LogP contribution in [0.1, 0.15) is 21.7 Å². The van der Waals surface area contributed by atoms with E-state index in [0.29, 0.717) is 5.69 Å². The van der Waals surface area contributed by atoms with Crippen molar-refractivity contribution >= 4 is 17.6 Å². The number of aryl methyl sites for hydroxylation is 1. The van der Waals surface area contributed by atoms with E-state index in [2.05, 4.69) is 5.10 Å². The lowest BCUT2D eigenvalue weighted by Gasteiger charge is -2.08.